The summed E-state index contributed by atoms with van der Waals surface area (Å²) in [6.45, 7) is 4.46. The van der Waals surface area contributed by atoms with Crippen LogP contribution in [0.3, 0.4) is 0 Å². The van der Waals surface area contributed by atoms with Crippen molar-refractivity contribution in [2.45, 2.75) is 31.3 Å². The molecule has 7 heteroatoms. The first-order valence-corrected chi connectivity index (χ1v) is 11.3. The Balaban J connectivity index is 1.50. The summed E-state index contributed by atoms with van der Waals surface area (Å²) in [5.74, 6) is 1.65. The molecule has 0 fully saturated rings. The molecule has 0 saturated carbocycles. The number of thioether (sulfide) groups is 1. The van der Waals surface area contributed by atoms with E-state index in [-0.39, 0.29) is 5.82 Å². The molecule has 5 rings (SSSR count). The molecule has 3 aromatic heterocycles. The number of pyridine rings is 1. The first-order valence-electron chi connectivity index (χ1n) is 10.3. The van der Waals surface area contributed by atoms with Crippen LogP contribution >= 0.6 is 11.8 Å². The Kier molecular flexibility index (Phi) is 5.49. The lowest BCUT2D eigenvalue weighted by Gasteiger charge is -2.08. The van der Waals surface area contributed by atoms with E-state index < -0.39 is 0 Å². The van der Waals surface area contributed by atoms with Crippen molar-refractivity contribution in [1.29, 1.82) is 0 Å². The molecule has 0 bridgehead atoms. The fourth-order valence-corrected chi connectivity index (χ4v) is 4.62. The maximum atomic E-state index is 14.1. The molecule has 0 amide bonds. The van der Waals surface area contributed by atoms with Crippen LogP contribution in [-0.4, -0.2) is 19.5 Å². The zero-order valence-electron chi connectivity index (χ0n) is 17.7. The van der Waals surface area contributed by atoms with Gasteiger partial charge in [0.2, 0.25) is 5.89 Å². The molecule has 5 nitrogen and oxygen atoms in total. The van der Waals surface area contributed by atoms with Crippen molar-refractivity contribution >= 4 is 22.8 Å². The number of rotatable bonds is 6. The van der Waals surface area contributed by atoms with E-state index in [1.165, 1.54) is 17.8 Å². The minimum Gasteiger partial charge on any atom is -0.441 e. The van der Waals surface area contributed by atoms with Gasteiger partial charge in [0.05, 0.1) is 23.8 Å². The molecule has 0 radical (unpaired) electrons. The van der Waals surface area contributed by atoms with Crippen molar-refractivity contribution in [2.75, 3.05) is 0 Å². The predicted octanol–water partition coefficient (Wildman–Crippen LogP) is 6.18. The number of aromatic nitrogens is 4. The zero-order valence-corrected chi connectivity index (χ0v) is 18.6. The summed E-state index contributed by atoms with van der Waals surface area (Å²) in [5, 5.41) is 0.788. The highest BCUT2D eigenvalue weighted by Gasteiger charge is 2.18. The molecule has 32 heavy (non-hydrogen) atoms. The summed E-state index contributed by atoms with van der Waals surface area (Å²) in [4.78, 5) is 13.8. The first kappa shape index (κ1) is 20.5. The molecule has 3 heterocycles. The molecule has 0 N–H and O–H groups in total. The summed E-state index contributed by atoms with van der Waals surface area (Å²) in [6.07, 6.45) is 3.52. The van der Waals surface area contributed by atoms with Gasteiger partial charge in [0.25, 0.3) is 0 Å². The Bertz CT molecular complexity index is 1410. The fourth-order valence-electron chi connectivity index (χ4n) is 3.62. The average Bonchev–Trinajstić information content (AvgIpc) is 3.34. The van der Waals surface area contributed by atoms with Crippen LogP contribution in [0.4, 0.5) is 4.39 Å². The minimum absolute atomic E-state index is 0.209. The number of oxazole rings is 1. The number of benzene rings is 2. The van der Waals surface area contributed by atoms with Gasteiger partial charge in [0.15, 0.2) is 5.16 Å². The van der Waals surface area contributed by atoms with Gasteiger partial charge in [-0.05, 0) is 43.2 Å². The van der Waals surface area contributed by atoms with Crippen molar-refractivity contribution in [2.24, 2.45) is 0 Å². The molecule has 0 saturated heterocycles. The van der Waals surface area contributed by atoms with Crippen molar-refractivity contribution in [3.8, 4) is 11.5 Å². The normalized spacial score (nSPS) is 11.3. The monoisotopic (exact) mass is 444 g/mol. The summed E-state index contributed by atoms with van der Waals surface area (Å²) in [6, 6.07) is 16.7. The lowest BCUT2D eigenvalue weighted by molar-refractivity contribution is 0.537. The highest BCUT2D eigenvalue weighted by atomic mass is 32.2. The van der Waals surface area contributed by atoms with Gasteiger partial charge in [-0.3, -0.25) is 4.98 Å². The molecule has 2 aromatic carbocycles. The van der Waals surface area contributed by atoms with Gasteiger partial charge in [-0.2, -0.15) is 0 Å². The van der Waals surface area contributed by atoms with Crippen LogP contribution in [0.25, 0.3) is 22.5 Å². The average molecular weight is 445 g/mol. The number of fused-ring (bicyclic) bond motifs is 1. The van der Waals surface area contributed by atoms with Crippen molar-refractivity contribution in [1.82, 2.24) is 19.5 Å². The van der Waals surface area contributed by atoms with E-state index in [1.807, 2.05) is 50.2 Å². The van der Waals surface area contributed by atoms with Gasteiger partial charge < -0.3 is 8.98 Å². The quantitative estimate of drug-likeness (QED) is 0.293. The molecular weight excluding hydrogens is 423 g/mol. The van der Waals surface area contributed by atoms with Gasteiger partial charge in [0.1, 0.15) is 17.3 Å². The Morgan fingerprint density at radius 3 is 2.66 bits per heavy atom. The predicted molar refractivity (Wildman–Crippen MR) is 124 cm³/mol. The van der Waals surface area contributed by atoms with Crippen molar-refractivity contribution in [3.05, 3.63) is 95.4 Å². The van der Waals surface area contributed by atoms with E-state index in [0.29, 0.717) is 23.8 Å². The number of hydrogen-bond acceptors (Lipinski definition) is 5. The molecule has 5 aromatic rings. The summed E-state index contributed by atoms with van der Waals surface area (Å²) >= 11 is 1.50. The lowest BCUT2D eigenvalue weighted by Crippen LogP contribution is -2.04. The van der Waals surface area contributed by atoms with Gasteiger partial charge in [-0.1, -0.05) is 48.2 Å². The van der Waals surface area contributed by atoms with Gasteiger partial charge in [-0.25, -0.2) is 14.4 Å². The standard InChI is InChI=1S/C25H21FN4OS/c1-16-7-3-5-9-19(16)24-28-22(17(2)31-24)14-30-23-13-27-12-11-21(23)29-25(30)32-15-18-8-4-6-10-20(18)26/h3-13H,14-15H2,1-2H3. The van der Waals surface area contributed by atoms with Crippen molar-refractivity contribution < 1.29 is 8.81 Å². The van der Waals surface area contributed by atoms with Crippen molar-refractivity contribution in [3.63, 3.8) is 0 Å². The van der Waals surface area contributed by atoms with E-state index in [9.17, 15) is 4.39 Å². The highest BCUT2D eigenvalue weighted by molar-refractivity contribution is 7.98. The lowest BCUT2D eigenvalue weighted by atomic mass is 10.1. The largest absolute Gasteiger partial charge is 0.441 e. The summed E-state index contributed by atoms with van der Waals surface area (Å²) in [5.41, 5.74) is 5.32. The van der Waals surface area contributed by atoms with Crippen LogP contribution in [0, 0.1) is 19.7 Å². The topological polar surface area (TPSA) is 56.7 Å². The summed E-state index contributed by atoms with van der Waals surface area (Å²) < 4.78 is 22.2. The summed E-state index contributed by atoms with van der Waals surface area (Å²) in [7, 11) is 0. The van der Waals surface area contributed by atoms with E-state index in [0.717, 1.165) is 38.8 Å². The Morgan fingerprint density at radius 1 is 1.00 bits per heavy atom. The Labute approximate surface area is 189 Å². The number of aryl methyl sites for hydroxylation is 2. The van der Waals surface area contributed by atoms with Gasteiger partial charge in [0, 0.05) is 17.5 Å². The number of imidazole rings is 1. The second-order valence-electron chi connectivity index (χ2n) is 7.56. The van der Waals surface area contributed by atoms with Gasteiger partial charge >= 0.3 is 0 Å². The third-order valence-corrected chi connectivity index (χ3v) is 6.43. The third-order valence-electron chi connectivity index (χ3n) is 5.41. The Morgan fingerprint density at radius 2 is 1.81 bits per heavy atom. The van der Waals surface area contributed by atoms with E-state index in [2.05, 4.69) is 9.55 Å². The molecule has 160 valence electrons. The molecule has 0 aliphatic carbocycles. The van der Waals surface area contributed by atoms with Crippen LogP contribution in [0.1, 0.15) is 22.6 Å². The van der Waals surface area contributed by atoms with E-state index >= 15 is 0 Å². The van der Waals surface area contributed by atoms with Crippen LogP contribution < -0.4 is 0 Å². The van der Waals surface area contributed by atoms with Gasteiger partial charge in [-0.15, -0.1) is 0 Å². The zero-order chi connectivity index (χ0) is 22.1. The van der Waals surface area contributed by atoms with E-state index in [1.54, 1.807) is 24.5 Å². The van der Waals surface area contributed by atoms with E-state index in [4.69, 9.17) is 14.4 Å². The third kappa shape index (κ3) is 3.91. The second kappa shape index (κ2) is 8.59. The second-order valence-corrected chi connectivity index (χ2v) is 8.50. The fraction of sp³-hybridized carbons (Fsp3) is 0.160. The molecule has 0 aliphatic rings. The SMILES string of the molecule is Cc1ccccc1-c1nc(Cn2c(SCc3ccccc3F)nc3ccncc32)c(C)o1. The maximum absolute atomic E-state index is 14.1. The molecule has 0 spiro atoms. The smallest absolute Gasteiger partial charge is 0.226 e. The Hall–Kier alpha value is -3.45. The minimum atomic E-state index is -0.209. The highest BCUT2D eigenvalue weighted by Crippen LogP contribution is 2.30. The first-order chi connectivity index (χ1) is 15.6. The number of halogens is 1. The molecular formula is C25H21FN4OS. The maximum Gasteiger partial charge on any atom is 0.226 e. The molecule has 0 atom stereocenters. The van der Waals surface area contributed by atoms with Crippen LogP contribution in [0.2, 0.25) is 0 Å². The number of nitrogens with zero attached hydrogens (tertiary/aromatic N) is 4. The molecule has 0 unspecified atom stereocenters. The van der Waals surface area contributed by atoms with Crippen LogP contribution in [-0.2, 0) is 12.3 Å². The van der Waals surface area contributed by atoms with Crippen LogP contribution in [0.5, 0.6) is 0 Å². The van der Waals surface area contributed by atoms with Crippen LogP contribution in [0.15, 0.2) is 76.6 Å². The number of hydrogen-bond donors (Lipinski definition) is 0. The molecule has 0 aliphatic heterocycles.